The Morgan fingerprint density at radius 1 is 1.43 bits per heavy atom. The molecule has 3 nitrogen and oxygen atoms in total. The molecule has 0 saturated heterocycles. The molecule has 14 heavy (non-hydrogen) atoms. The van der Waals surface area contributed by atoms with Gasteiger partial charge in [-0.2, -0.15) is 0 Å². The van der Waals surface area contributed by atoms with Crippen LogP contribution in [0.15, 0.2) is 4.42 Å². The Labute approximate surface area is 83.9 Å². The van der Waals surface area contributed by atoms with E-state index in [0.29, 0.717) is 0 Å². The van der Waals surface area contributed by atoms with Gasteiger partial charge in [-0.3, -0.25) is 0 Å². The number of aliphatic hydroxyl groups excluding tert-OH is 1. The summed E-state index contributed by atoms with van der Waals surface area (Å²) < 4.78 is 5.64. The van der Waals surface area contributed by atoms with Gasteiger partial charge in [0.05, 0.1) is 6.10 Å². The fourth-order valence-electron chi connectivity index (χ4n) is 2.28. The van der Waals surface area contributed by atoms with Crippen LogP contribution in [-0.4, -0.2) is 11.7 Å². The Balaban J connectivity index is 2.42. The fraction of sp³-hybridized carbons (Fsp3) is 0.636. The largest absolute Gasteiger partial charge is 0.466 e. The monoisotopic (exact) mass is 195 g/mol. The first-order valence-electron chi connectivity index (χ1n) is 5.23. The Morgan fingerprint density at radius 2 is 2.14 bits per heavy atom. The minimum Gasteiger partial charge on any atom is -0.466 e. The first-order chi connectivity index (χ1) is 6.74. The number of aryl methyl sites for hydroxylation is 2. The summed E-state index contributed by atoms with van der Waals surface area (Å²) in [6.45, 7) is 2.18. The highest BCUT2D eigenvalue weighted by molar-refractivity contribution is 5.36. The van der Waals surface area contributed by atoms with Crippen LogP contribution >= 0.6 is 0 Å². The Hall–Kier alpha value is -0.800. The van der Waals surface area contributed by atoms with Gasteiger partial charge >= 0.3 is 0 Å². The summed E-state index contributed by atoms with van der Waals surface area (Å²) in [7, 11) is 0. The molecule has 1 aromatic rings. The third kappa shape index (κ3) is 1.47. The van der Waals surface area contributed by atoms with E-state index in [2.05, 4.69) is 0 Å². The second-order valence-corrected chi connectivity index (χ2v) is 3.93. The fourth-order valence-corrected chi connectivity index (χ4v) is 2.28. The van der Waals surface area contributed by atoms with E-state index in [-0.39, 0.29) is 6.54 Å². The summed E-state index contributed by atoms with van der Waals surface area (Å²) in [5.41, 5.74) is 7.63. The zero-order valence-corrected chi connectivity index (χ0v) is 8.55. The van der Waals surface area contributed by atoms with Crippen molar-refractivity contribution in [3.8, 4) is 0 Å². The lowest BCUT2D eigenvalue weighted by molar-refractivity contribution is 0.183. The molecule has 0 aliphatic heterocycles. The van der Waals surface area contributed by atoms with Gasteiger partial charge in [0, 0.05) is 18.5 Å². The highest BCUT2D eigenvalue weighted by atomic mass is 16.3. The van der Waals surface area contributed by atoms with Crippen molar-refractivity contribution in [2.75, 3.05) is 6.54 Å². The van der Waals surface area contributed by atoms with Crippen LogP contribution in [-0.2, 0) is 12.8 Å². The van der Waals surface area contributed by atoms with Crippen LogP contribution in [0.3, 0.4) is 0 Å². The molecule has 1 aromatic heterocycles. The maximum absolute atomic E-state index is 9.77. The topological polar surface area (TPSA) is 59.4 Å². The molecule has 1 aliphatic rings. The molecule has 0 radical (unpaired) electrons. The van der Waals surface area contributed by atoms with Gasteiger partial charge in [-0.15, -0.1) is 0 Å². The number of rotatable bonds is 2. The second kappa shape index (κ2) is 3.75. The number of furan rings is 1. The van der Waals surface area contributed by atoms with Crippen molar-refractivity contribution in [3.63, 3.8) is 0 Å². The Bertz CT molecular complexity index is 330. The lowest BCUT2D eigenvalue weighted by Crippen LogP contribution is -2.14. The number of hydrogen-bond donors (Lipinski definition) is 2. The Kier molecular flexibility index (Phi) is 2.61. The summed E-state index contributed by atoms with van der Waals surface area (Å²) >= 11 is 0. The van der Waals surface area contributed by atoms with E-state index in [0.717, 1.165) is 29.9 Å². The standard InChI is InChI=1S/C11H17NO2/c1-7-11(9(13)6-12)8-4-2-3-5-10(8)14-7/h9,13H,2-6,12H2,1H3. The number of nitrogens with two attached hydrogens (primary N) is 1. The molecule has 1 aliphatic carbocycles. The predicted octanol–water partition coefficient (Wildman–Crippen LogP) is 1.46. The maximum Gasteiger partial charge on any atom is 0.107 e. The summed E-state index contributed by atoms with van der Waals surface area (Å²) in [5.74, 6) is 1.91. The molecule has 0 fully saturated rings. The Morgan fingerprint density at radius 3 is 2.86 bits per heavy atom. The molecule has 0 spiro atoms. The van der Waals surface area contributed by atoms with Gasteiger partial charge in [-0.05, 0) is 31.7 Å². The maximum atomic E-state index is 9.77. The van der Waals surface area contributed by atoms with E-state index in [1.807, 2.05) is 6.92 Å². The minimum atomic E-state index is -0.555. The van der Waals surface area contributed by atoms with Crippen LogP contribution < -0.4 is 5.73 Å². The minimum absolute atomic E-state index is 0.271. The average molecular weight is 195 g/mol. The third-order valence-corrected chi connectivity index (χ3v) is 2.95. The highest BCUT2D eigenvalue weighted by Crippen LogP contribution is 2.32. The summed E-state index contributed by atoms with van der Waals surface area (Å²) in [6, 6.07) is 0. The first-order valence-corrected chi connectivity index (χ1v) is 5.23. The van der Waals surface area contributed by atoms with Crippen LogP contribution in [0.25, 0.3) is 0 Å². The van der Waals surface area contributed by atoms with Crippen molar-refractivity contribution >= 4 is 0 Å². The second-order valence-electron chi connectivity index (χ2n) is 3.93. The molecular formula is C11H17NO2. The zero-order valence-electron chi connectivity index (χ0n) is 8.55. The normalized spacial score (nSPS) is 17.9. The van der Waals surface area contributed by atoms with Crippen molar-refractivity contribution in [1.29, 1.82) is 0 Å². The van der Waals surface area contributed by atoms with E-state index in [1.165, 1.54) is 18.4 Å². The van der Waals surface area contributed by atoms with Gasteiger partial charge in [-0.1, -0.05) is 0 Å². The van der Waals surface area contributed by atoms with Crippen LogP contribution in [0.4, 0.5) is 0 Å². The quantitative estimate of drug-likeness (QED) is 0.751. The van der Waals surface area contributed by atoms with Gasteiger partial charge in [0.15, 0.2) is 0 Å². The molecular weight excluding hydrogens is 178 g/mol. The molecule has 1 heterocycles. The van der Waals surface area contributed by atoms with Crippen molar-refractivity contribution < 1.29 is 9.52 Å². The number of aliphatic hydroxyl groups is 1. The number of hydrogen-bond acceptors (Lipinski definition) is 3. The van der Waals surface area contributed by atoms with Gasteiger partial charge in [0.25, 0.3) is 0 Å². The summed E-state index contributed by atoms with van der Waals surface area (Å²) in [5, 5.41) is 9.77. The SMILES string of the molecule is Cc1oc2c(c1C(O)CN)CCCC2. The predicted molar refractivity (Wildman–Crippen MR) is 54.1 cm³/mol. The van der Waals surface area contributed by atoms with Crippen molar-refractivity contribution in [2.45, 2.75) is 38.7 Å². The zero-order chi connectivity index (χ0) is 10.1. The van der Waals surface area contributed by atoms with Crippen LogP contribution in [0, 0.1) is 6.92 Å². The van der Waals surface area contributed by atoms with Gasteiger partial charge < -0.3 is 15.3 Å². The van der Waals surface area contributed by atoms with Gasteiger partial charge in [0.1, 0.15) is 11.5 Å². The molecule has 3 N–H and O–H groups in total. The lowest BCUT2D eigenvalue weighted by atomic mass is 9.92. The molecule has 3 heteroatoms. The molecule has 1 unspecified atom stereocenters. The van der Waals surface area contributed by atoms with Crippen LogP contribution in [0.5, 0.6) is 0 Å². The molecule has 0 saturated carbocycles. The van der Waals surface area contributed by atoms with E-state index >= 15 is 0 Å². The van der Waals surface area contributed by atoms with Crippen LogP contribution in [0.2, 0.25) is 0 Å². The van der Waals surface area contributed by atoms with Crippen molar-refractivity contribution in [3.05, 3.63) is 22.6 Å². The smallest absolute Gasteiger partial charge is 0.107 e. The highest BCUT2D eigenvalue weighted by Gasteiger charge is 2.24. The third-order valence-electron chi connectivity index (χ3n) is 2.95. The number of fused-ring (bicyclic) bond motifs is 1. The van der Waals surface area contributed by atoms with Crippen LogP contribution in [0.1, 0.15) is 41.6 Å². The van der Waals surface area contributed by atoms with Crippen molar-refractivity contribution in [1.82, 2.24) is 0 Å². The summed E-state index contributed by atoms with van der Waals surface area (Å²) in [4.78, 5) is 0. The van der Waals surface area contributed by atoms with E-state index in [4.69, 9.17) is 10.2 Å². The average Bonchev–Trinajstić information content (AvgIpc) is 2.53. The van der Waals surface area contributed by atoms with E-state index in [1.54, 1.807) is 0 Å². The molecule has 0 amide bonds. The van der Waals surface area contributed by atoms with Crippen molar-refractivity contribution in [2.24, 2.45) is 5.73 Å². The van der Waals surface area contributed by atoms with Gasteiger partial charge in [-0.25, -0.2) is 0 Å². The van der Waals surface area contributed by atoms with E-state index < -0.39 is 6.10 Å². The molecule has 78 valence electrons. The van der Waals surface area contributed by atoms with E-state index in [9.17, 15) is 5.11 Å². The summed E-state index contributed by atoms with van der Waals surface area (Å²) in [6.07, 6.45) is 3.86. The molecule has 2 rings (SSSR count). The molecule has 1 atom stereocenters. The lowest BCUT2D eigenvalue weighted by Gasteiger charge is -2.13. The first kappa shape index (κ1) is 9.74. The van der Waals surface area contributed by atoms with Gasteiger partial charge in [0.2, 0.25) is 0 Å². The molecule has 0 aromatic carbocycles. The molecule has 0 bridgehead atoms.